The van der Waals surface area contributed by atoms with Crippen LogP contribution >= 0.6 is 0 Å². The minimum absolute atomic E-state index is 0.0288. The second kappa shape index (κ2) is 10.6. The van der Waals surface area contributed by atoms with E-state index in [2.05, 4.69) is 28.8 Å². The number of fused-ring (bicyclic) bond motifs is 3. The average molecular weight is 528 g/mol. The van der Waals surface area contributed by atoms with Gasteiger partial charge < -0.3 is 19.3 Å². The van der Waals surface area contributed by atoms with Gasteiger partial charge in [-0.05, 0) is 61.6 Å². The van der Waals surface area contributed by atoms with Gasteiger partial charge in [0.05, 0.1) is 14.2 Å². The van der Waals surface area contributed by atoms with Crippen molar-refractivity contribution < 1.29 is 24.1 Å². The van der Waals surface area contributed by atoms with E-state index in [-0.39, 0.29) is 17.9 Å². The third-order valence-electron chi connectivity index (χ3n) is 9.56. The average Bonchev–Trinajstić information content (AvgIpc) is 3.15. The van der Waals surface area contributed by atoms with Gasteiger partial charge in [-0.25, -0.2) is 0 Å². The molecular formula is C29H41N3O6. The van der Waals surface area contributed by atoms with E-state index in [1.165, 1.54) is 11.1 Å². The Balaban J connectivity index is 1.25. The normalized spacial score (nSPS) is 32.0. The summed E-state index contributed by atoms with van der Waals surface area (Å²) in [5.74, 6) is 0.495. The Morgan fingerprint density at radius 3 is 2.53 bits per heavy atom. The van der Waals surface area contributed by atoms with Crippen LogP contribution in [0.15, 0.2) is 28.5 Å². The molecule has 0 aromatic heterocycles. The Bertz CT molecular complexity index is 1110. The summed E-state index contributed by atoms with van der Waals surface area (Å²) in [5, 5.41) is 15.0. The van der Waals surface area contributed by atoms with Crippen LogP contribution in [0.25, 0.3) is 0 Å². The first-order valence-corrected chi connectivity index (χ1v) is 13.8. The van der Waals surface area contributed by atoms with Crippen LogP contribution in [0.1, 0.15) is 57.1 Å². The van der Waals surface area contributed by atoms with Crippen molar-refractivity contribution in [1.29, 1.82) is 0 Å². The summed E-state index contributed by atoms with van der Waals surface area (Å²) >= 11 is 0. The topological polar surface area (TPSA) is 101 Å². The molecule has 9 heteroatoms. The SMILES string of the molecule is COc1cc(CN2CCN(CC3C(=O)O[C@H]4C5=C(C)CCC[C@]5(C)CCC34O)CC2)c(CN=O)c(OC)c1. The van der Waals surface area contributed by atoms with Gasteiger partial charge in [0.25, 0.3) is 0 Å². The highest BCUT2D eigenvalue weighted by Crippen LogP contribution is 2.57. The fourth-order valence-corrected chi connectivity index (χ4v) is 7.33. The highest BCUT2D eigenvalue weighted by Gasteiger charge is 2.63. The number of allylic oxidation sites excluding steroid dienone is 1. The van der Waals surface area contributed by atoms with E-state index in [0.717, 1.165) is 63.0 Å². The summed E-state index contributed by atoms with van der Waals surface area (Å²) < 4.78 is 16.9. The number of hydrogen-bond acceptors (Lipinski definition) is 9. The van der Waals surface area contributed by atoms with E-state index < -0.39 is 17.6 Å². The molecular weight excluding hydrogens is 486 g/mol. The van der Waals surface area contributed by atoms with Gasteiger partial charge in [0.1, 0.15) is 29.6 Å². The highest BCUT2D eigenvalue weighted by atomic mass is 16.6. The predicted molar refractivity (Wildman–Crippen MR) is 143 cm³/mol. The second-order valence-corrected chi connectivity index (χ2v) is 11.8. The number of ether oxygens (including phenoxy) is 3. The lowest BCUT2D eigenvalue weighted by molar-refractivity contribution is -0.144. The molecule has 2 aliphatic carbocycles. The van der Waals surface area contributed by atoms with Gasteiger partial charge in [-0.2, -0.15) is 4.91 Å². The van der Waals surface area contributed by atoms with Crippen LogP contribution in [-0.4, -0.2) is 79.5 Å². The lowest BCUT2D eigenvalue weighted by atomic mass is 9.58. The van der Waals surface area contributed by atoms with Gasteiger partial charge in [0, 0.05) is 50.9 Å². The van der Waals surface area contributed by atoms with E-state index in [9.17, 15) is 14.8 Å². The molecule has 0 radical (unpaired) electrons. The van der Waals surface area contributed by atoms with Gasteiger partial charge in [-0.1, -0.05) is 17.7 Å². The standard InChI is InChI=1S/C29H41N3O6/c1-19-6-5-7-28(2)8-9-29(34)23(27(33)38-26(29)25(19)28)18-32-12-10-31(11-13-32)17-20-14-21(36-3)15-24(37-4)22(20)16-30-35/h14-15,23,26,34H,5-13,16-18H2,1-4H3/t23?,26-,28+,29?/m0/s1. The first-order valence-electron chi connectivity index (χ1n) is 13.8. The number of esters is 1. The van der Waals surface area contributed by atoms with Crippen LogP contribution in [0.2, 0.25) is 0 Å². The Morgan fingerprint density at radius 1 is 1.11 bits per heavy atom. The first-order chi connectivity index (χ1) is 18.2. The fraction of sp³-hybridized carbons (Fsp3) is 0.690. The van der Waals surface area contributed by atoms with Crippen molar-refractivity contribution in [1.82, 2.24) is 9.80 Å². The maximum Gasteiger partial charge on any atom is 0.314 e. The number of nitroso groups, excluding NO2 is 1. The van der Waals surface area contributed by atoms with Gasteiger partial charge in [0.2, 0.25) is 0 Å². The summed E-state index contributed by atoms with van der Waals surface area (Å²) in [6.07, 6.45) is 4.27. The molecule has 4 aliphatic rings. The molecule has 38 heavy (non-hydrogen) atoms. The predicted octanol–water partition coefficient (Wildman–Crippen LogP) is 3.66. The zero-order valence-corrected chi connectivity index (χ0v) is 23.1. The number of carbonyl (C=O) groups is 1. The van der Waals surface area contributed by atoms with E-state index in [1.54, 1.807) is 20.3 Å². The molecule has 0 spiro atoms. The molecule has 0 bridgehead atoms. The third kappa shape index (κ3) is 4.73. The first kappa shape index (κ1) is 27.1. The van der Waals surface area contributed by atoms with E-state index in [4.69, 9.17) is 14.2 Å². The van der Waals surface area contributed by atoms with Crippen LogP contribution in [-0.2, 0) is 22.6 Å². The van der Waals surface area contributed by atoms with Gasteiger partial charge in [0.15, 0.2) is 6.10 Å². The van der Waals surface area contributed by atoms with Crippen LogP contribution in [0, 0.1) is 16.2 Å². The number of rotatable bonds is 8. The Hall–Kier alpha value is -2.49. The van der Waals surface area contributed by atoms with E-state index in [0.29, 0.717) is 31.0 Å². The molecule has 9 nitrogen and oxygen atoms in total. The summed E-state index contributed by atoms with van der Waals surface area (Å²) in [7, 11) is 3.19. The minimum atomic E-state index is -1.13. The minimum Gasteiger partial charge on any atom is -0.497 e. The van der Waals surface area contributed by atoms with Crippen LogP contribution in [0.5, 0.6) is 11.5 Å². The molecule has 2 heterocycles. The molecule has 2 unspecified atom stereocenters. The van der Waals surface area contributed by atoms with Crippen LogP contribution in [0.4, 0.5) is 0 Å². The van der Waals surface area contributed by atoms with Crippen molar-refractivity contribution in [2.24, 2.45) is 16.5 Å². The lowest BCUT2D eigenvalue weighted by Gasteiger charge is -2.49. The van der Waals surface area contributed by atoms with Crippen molar-refractivity contribution in [2.75, 3.05) is 46.9 Å². The number of aliphatic hydroxyl groups is 1. The number of piperazine rings is 1. The smallest absolute Gasteiger partial charge is 0.314 e. The van der Waals surface area contributed by atoms with Crippen LogP contribution in [0.3, 0.4) is 0 Å². The summed E-state index contributed by atoms with van der Waals surface area (Å²) in [6.45, 7) is 8.80. The summed E-state index contributed by atoms with van der Waals surface area (Å²) in [6, 6.07) is 3.72. The molecule has 3 fully saturated rings. The molecule has 5 rings (SSSR count). The van der Waals surface area contributed by atoms with Crippen molar-refractivity contribution >= 4 is 5.97 Å². The van der Waals surface area contributed by atoms with E-state index in [1.807, 2.05) is 6.07 Å². The molecule has 1 aromatic rings. The highest BCUT2D eigenvalue weighted by molar-refractivity contribution is 5.78. The quantitative estimate of drug-likeness (QED) is 0.311. The Morgan fingerprint density at radius 2 is 1.84 bits per heavy atom. The largest absolute Gasteiger partial charge is 0.497 e. The monoisotopic (exact) mass is 527 g/mol. The van der Waals surface area contributed by atoms with Crippen LogP contribution < -0.4 is 9.47 Å². The summed E-state index contributed by atoms with van der Waals surface area (Å²) in [5.41, 5.74) is 3.13. The maximum absolute atomic E-state index is 13.1. The van der Waals surface area contributed by atoms with Crippen molar-refractivity contribution in [3.8, 4) is 11.5 Å². The van der Waals surface area contributed by atoms with Gasteiger partial charge >= 0.3 is 5.97 Å². The number of methoxy groups -OCH3 is 2. The van der Waals surface area contributed by atoms with Crippen molar-refractivity contribution in [2.45, 2.75) is 70.7 Å². The molecule has 1 saturated carbocycles. The van der Waals surface area contributed by atoms with Gasteiger partial charge in [-0.15, -0.1) is 0 Å². The molecule has 2 aliphatic heterocycles. The number of carbonyl (C=O) groups excluding carboxylic acids is 1. The lowest BCUT2D eigenvalue weighted by Crippen LogP contribution is -2.56. The molecule has 1 aromatic carbocycles. The molecule has 0 amide bonds. The number of benzene rings is 1. The fourth-order valence-electron chi connectivity index (χ4n) is 7.33. The molecule has 2 saturated heterocycles. The van der Waals surface area contributed by atoms with Crippen molar-refractivity contribution in [3.63, 3.8) is 0 Å². The van der Waals surface area contributed by atoms with Gasteiger partial charge in [-0.3, -0.25) is 14.6 Å². The van der Waals surface area contributed by atoms with E-state index >= 15 is 0 Å². The molecule has 4 atom stereocenters. The number of hydrogen-bond donors (Lipinski definition) is 1. The summed E-state index contributed by atoms with van der Waals surface area (Å²) in [4.78, 5) is 28.8. The Labute approximate surface area is 225 Å². The van der Waals surface area contributed by atoms with Crippen molar-refractivity contribution in [3.05, 3.63) is 39.3 Å². The molecule has 208 valence electrons. The second-order valence-electron chi connectivity index (χ2n) is 11.8. The zero-order valence-electron chi connectivity index (χ0n) is 23.1. The maximum atomic E-state index is 13.1. The number of nitrogens with zero attached hydrogens (tertiary/aromatic N) is 3. The molecule has 1 N–H and O–H groups in total. The Kier molecular flexibility index (Phi) is 7.55. The zero-order chi connectivity index (χ0) is 27.1. The third-order valence-corrected chi connectivity index (χ3v) is 9.56.